The van der Waals surface area contributed by atoms with E-state index in [1.165, 1.54) is 12.3 Å². The van der Waals surface area contributed by atoms with Gasteiger partial charge in [-0.3, -0.25) is 4.98 Å². The number of hydrogen-bond acceptors (Lipinski definition) is 2. The predicted molar refractivity (Wildman–Crippen MR) is 80.6 cm³/mol. The molecule has 106 valence electrons. The Kier molecular flexibility index (Phi) is 4.97. The molecule has 1 N–H and O–H groups in total. The van der Waals surface area contributed by atoms with E-state index in [4.69, 9.17) is 23.2 Å². The summed E-state index contributed by atoms with van der Waals surface area (Å²) in [5, 5.41) is 4.61. The van der Waals surface area contributed by atoms with Crippen molar-refractivity contribution in [3.8, 4) is 0 Å². The first kappa shape index (κ1) is 15.2. The predicted octanol–water partition coefficient (Wildman–Crippen LogP) is 4.94. The van der Waals surface area contributed by atoms with E-state index < -0.39 is 0 Å². The summed E-state index contributed by atoms with van der Waals surface area (Å²) >= 11 is 12.1. The van der Waals surface area contributed by atoms with Crippen molar-refractivity contribution in [2.75, 3.05) is 0 Å². The first-order chi connectivity index (χ1) is 9.47. The molecule has 2 aromatic rings. The minimum absolute atomic E-state index is 0.0163. The highest BCUT2D eigenvalue weighted by atomic mass is 35.5. The van der Waals surface area contributed by atoms with E-state index in [2.05, 4.69) is 10.3 Å². The highest BCUT2D eigenvalue weighted by molar-refractivity contribution is 6.35. The van der Waals surface area contributed by atoms with Gasteiger partial charge in [-0.25, -0.2) is 4.39 Å². The zero-order valence-corrected chi connectivity index (χ0v) is 12.7. The van der Waals surface area contributed by atoms with Crippen LogP contribution in [0.4, 0.5) is 4.39 Å². The highest BCUT2D eigenvalue weighted by Crippen LogP contribution is 2.27. The van der Waals surface area contributed by atoms with E-state index in [1.54, 1.807) is 12.1 Å². The van der Waals surface area contributed by atoms with Gasteiger partial charge < -0.3 is 5.32 Å². The van der Waals surface area contributed by atoms with Gasteiger partial charge in [0.15, 0.2) is 0 Å². The highest BCUT2D eigenvalue weighted by Gasteiger charge is 2.14. The van der Waals surface area contributed by atoms with Crippen LogP contribution in [0.3, 0.4) is 0 Å². The lowest BCUT2D eigenvalue weighted by Crippen LogP contribution is -2.23. The normalized spacial score (nSPS) is 14.1. The maximum Gasteiger partial charge on any atom is 0.141 e. The summed E-state index contributed by atoms with van der Waals surface area (Å²) in [5.74, 6) is -0.338. The van der Waals surface area contributed by atoms with Gasteiger partial charge in [0.25, 0.3) is 0 Å². The summed E-state index contributed by atoms with van der Waals surface area (Å²) < 4.78 is 12.9. The Morgan fingerprint density at radius 3 is 2.45 bits per heavy atom. The Hall–Kier alpha value is -1.16. The first-order valence-corrected chi connectivity index (χ1v) is 7.05. The lowest BCUT2D eigenvalue weighted by atomic mass is 10.1. The fourth-order valence-corrected chi connectivity index (χ4v) is 2.62. The Morgan fingerprint density at radius 2 is 1.85 bits per heavy atom. The molecule has 20 heavy (non-hydrogen) atoms. The summed E-state index contributed by atoms with van der Waals surface area (Å²) in [6.45, 7) is 3.98. The number of pyridine rings is 1. The molecule has 0 amide bonds. The van der Waals surface area contributed by atoms with Crippen molar-refractivity contribution < 1.29 is 4.39 Å². The fraction of sp³-hybridized carbons (Fsp3) is 0.267. The number of halogens is 3. The van der Waals surface area contributed by atoms with Crippen molar-refractivity contribution in [2.45, 2.75) is 25.9 Å². The standard InChI is InChI=1S/C15H15Cl2FN2/c1-9(13-5-3-11(16)7-14(13)17)20-10(2)15-6-4-12(18)8-19-15/h3-10,20H,1-2H3/t9-,10+/m1/s1. The zero-order chi connectivity index (χ0) is 14.7. The van der Waals surface area contributed by atoms with Crippen LogP contribution in [0.15, 0.2) is 36.5 Å². The quantitative estimate of drug-likeness (QED) is 0.865. The van der Waals surface area contributed by atoms with Gasteiger partial charge in [0.1, 0.15) is 5.82 Å². The molecular weight excluding hydrogens is 298 g/mol. The van der Waals surface area contributed by atoms with Crippen molar-refractivity contribution in [3.05, 3.63) is 63.6 Å². The molecule has 2 atom stereocenters. The molecule has 0 saturated carbocycles. The fourth-order valence-electron chi connectivity index (χ4n) is 2.05. The molecule has 0 aliphatic carbocycles. The monoisotopic (exact) mass is 312 g/mol. The van der Waals surface area contributed by atoms with Gasteiger partial charge >= 0.3 is 0 Å². The summed E-state index contributed by atoms with van der Waals surface area (Å²) in [7, 11) is 0. The van der Waals surface area contributed by atoms with Crippen molar-refractivity contribution in [2.24, 2.45) is 0 Å². The van der Waals surface area contributed by atoms with Crippen LogP contribution in [-0.4, -0.2) is 4.98 Å². The average molecular weight is 313 g/mol. The molecule has 0 unspecified atom stereocenters. The molecule has 2 nitrogen and oxygen atoms in total. The molecule has 0 spiro atoms. The number of benzene rings is 1. The second kappa shape index (κ2) is 6.53. The summed E-state index contributed by atoms with van der Waals surface area (Å²) in [5.41, 5.74) is 1.74. The molecule has 0 fully saturated rings. The van der Waals surface area contributed by atoms with E-state index in [-0.39, 0.29) is 17.9 Å². The maximum atomic E-state index is 12.9. The van der Waals surface area contributed by atoms with Gasteiger partial charge in [0.05, 0.1) is 11.9 Å². The van der Waals surface area contributed by atoms with E-state index in [9.17, 15) is 4.39 Å². The van der Waals surface area contributed by atoms with Crippen molar-refractivity contribution in [1.29, 1.82) is 0 Å². The molecule has 1 aromatic carbocycles. The molecule has 0 radical (unpaired) electrons. The SMILES string of the molecule is C[C@H](N[C@H](C)c1ccc(Cl)cc1Cl)c1ccc(F)cn1. The minimum atomic E-state index is -0.338. The second-order valence-corrected chi connectivity index (χ2v) is 5.52. The third kappa shape index (κ3) is 3.69. The largest absolute Gasteiger partial charge is 0.302 e. The average Bonchev–Trinajstić information content (AvgIpc) is 2.39. The van der Waals surface area contributed by atoms with Gasteiger partial charge in [0.2, 0.25) is 0 Å². The van der Waals surface area contributed by atoms with Crippen molar-refractivity contribution in [3.63, 3.8) is 0 Å². The molecule has 0 saturated heterocycles. The Morgan fingerprint density at radius 1 is 1.10 bits per heavy atom. The number of aromatic nitrogens is 1. The smallest absolute Gasteiger partial charge is 0.141 e. The lowest BCUT2D eigenvalue weighted by Gasteiger charge is -2.21. The maximum absolute atomic E-state index is 12.9. The molecule has 1 aromatic heterocycles. The number of nitrogens with one attached hydrogen (secondary N) is 1. The topological polar surface area (TPSA) is 24.9 Å². The van der Waals surface area contributed by atoms with Gasteiger partial charge in [-0.15, -0.1) is 0 Å². The van der Waals surface area contributed by atoms with Crippen LogP contribution in [0.2, 0.25) is 10.0 Å². The summed E-state index contributed by atoms with van der Waals surface area (Å²) in [6, 6.07) is 8.51. The number of rotatable bonds is 4. The van der Waals surface area contributed by atoms with Gasteiger partial charge in [-0.1, -0.05) is 29.3 Å². The minimum Gasteiger partial charge on any atom is -0.302 e. The van der Waals surface area contributed by atoms with Gasteiger partial charge in [-0.05, 0) is 43.7 Å². The Labute approximate surface area is 127 Å². The molecule has 2 rings (SSSR count). The van der Waals surface area contributed by atoms with Crippen LogP contribution in [0, 0.1) is 5.82 Å². The molecule has 0 bridgehead atoms. The molecule has 1 heterocycles. The van der Waals surface area contributed by atoms with E-state index in [1.807, 2.05) is 26.0 Å². The van der Waals surface area contributed by atoms with Crippen molar-refractivity contribution in [1.82, 2.24) is 10.3 Å². The molecule has 0 aliphatic heterocycles. The third-order valence-corrected chi connectivity index (χ3v) is 3.69. The first-order valence-electron chi connectivity index (χ1n) is 6.30. The molecular formula is C15H15Cl2FN2. The van der Waals surface area contributed by atoms with Crippen LogP contribution in [0.5, 0.6) is 0 Å². The van der Waals surface area contributed by atoms with E-state index in [0.717, 1.165) is 11.3 Å². The summed E-state index contributed by atoms with van der Waals surface area (Å²) in [4.78, 5) is 4.07. The zero-order valence-electron chi connectivity index (χ0n) is 11.2. The van der Waals surface area contributed by atoms with Crippen LogP contribution >= 0.6 is 23.2 Å². The number of hydrogen-bond donors (Lipinski definition) is 1. The van der Waals surface area contributed by atoms with E-state index in [0.29, 0.717) is 10.0 Å². The van der Waals surface area contributed by atoms with Crippen LogP contribution in [0.25, 0.3) is 0 Å². The molecule has 0 aliphatic rings. The molecule has 5 heteroatoms. The van der Waals surface area contributed by atoms with Crippen molar-refractivity contribution >= 4 is 23.2 Å². The lowest BCUT2D eigenvalue weighted by molar-refractivity contribution is 0.484. The van der Waals surface area contributed by atoms with E-state index >= 15 is 0 Å². The Balaban J connectivity index is 2.10. The van der Waals surface area contributed by atoms with Gasteiger partial charge in [0, 0.05) is 22.1 Å². The van der Waals surface area contributed by atoms with Crippen LogP contribution < -0.4 is 5.32 Å². The third-order valence-electron chi connectivity index (χ3n) is 3.12. The van der Waals surface area contributed by atoms with Crippen LogP contribution in [-0.2, 0) is 0 Å². The Bertz CT molecular complexity index is 587. The second-order valence-electron chi connectivity index (χ2n) is 4.68. The van der Waals surface area contributed by atoms with Gasteiger partial charge in [-0.2, -0.15) is 0 Å². The number of nitrogens with zero attached hydrogens (tertiary/aromatic N) is 1. The summed E-state index contributed by atoms with van der Waals surface area (Å²) in [6.07, 6.45) is 1.22. The van der Waals surface area contributed by atoms with Crippen LogP contribution in [0.1, 0.15) is 37.2 Å².